The van der Waals surface area contributed by atoms with Gasteiger partial charge in [0, 0.05) is 43.9 Å². The van der Waals surface area contributed by atoms with E-state index in [0.29, 0.717) is 6.04 Å². The number of amides is 1. The number of ether oxygens (including phenoxy) is 1. The van der Waals surface area contributed by atoms with Crippen LogP contribution >= 0.6 is 0 Å². The number of nitrogens with zero attached hydrogens (tertiary/aromatic N) is 1. The van der Waals surface area contributed by atoms with Gasteiger partial charge in [0.2, 0.25) is 5.91 Å². The lowest BCUT2D eigenvalue weighted by molar-refractivity contribution is -0.127. The van der Waals surface area contributed by atoms with Gasteiger partial charge in [-0.3, -0.25) is 9.69 Å². The molecule has 2 saturated heterocycles. The van der Waals surface area contributed by atoms with E-state index in [9.17, 15) is 4.79 Å². The predicted octanol–water partition coefficient (Wildman–Crippen LogP) is 2.40. The first kappa shape index (κ1) is 19.9. The predicted molar refractivity (Wildman–Crippen MR) is 111 cm³/mol. The maximum atomic E-state index is 13.2. The largest absolute Gasteiger partial charge is 0.381 e. The van der Waals surface area contributed by atoms with Gasteiger partial charge in [0.25, 0.3) is 0 Å². The van der Waals surface area contributed by atoms with Gasteiger partial charge in [-0.2, -0.15) is 0 Å². The van der Waals surface area contributed by atoms with E-state index in [1.165, 1.54) is 11.1 Å². The van der Waals surface area contributed by atoms with Gasteiger partial charge in [-0.1, -0.05) is 29.8 Å². The Hall–Kier alpha value is -1.43. The molecule has 1 amide bonds. The van der Waals surface area contributed by atoms with Gasteiger partial charge in [-0.15, -0.1) is 0 Å². The number of nitrogens with one attached hydrogen (secondary N) is 1. The molecule has 0 bridgehead atoms. The maximum Gasteiger partial charge on any atom is 0.224 e. The molecular weight excluding hydrogens is 350 g/mol. The fraction of sp³-hybridized carbons (Fsp3) is 0.696. The van der Waals surface area contributed by atoms with Crippen LogP contribution < -0.4 is 11.1 Å². The molecule has 0 spiro atoms. The van der Waals surface area contributed by atoms with E-state index in [1.54, 1.807) is 0 Å². The molecule has 0 aromatic heterocycles. The zero-order valence-corrected chi connectivity index (χ0v) is 17.2. The normalized spacial score (nSPS) is 28.5. The van der Waals surface area contributed by atoms with Crippen LogP contribution in [0.4, 0.5) is 0 Å². The maximum absolute atomic E-state index is 13.2. The minimum atomic E-state index is -0.0250. The van der Waals surface area contributed by atoms with Crippen molar-refractivity contribution in [3.8, 4) is 0 Å². The van der Waals surface area contributed by atoms with Crippen molar-refractivity contribution in [3.63, 3.8) is 0 Å². The van der Waals surface area contributed by atoms with Crippen molar-refractivity contribution in [1.29, 1.82) is 0 Å². The minimum absolute atomic E-state index is 0.0250. The Morgan fingerprint density at radius 3 is 2.71 bits per heavy atom. The summed E-state index contributed by atoms with van der Waals surface area (Å²) in [6, 6.07) is 9.33. The summed E-state index contributed by atoms with van der Waals surface area (Å²) in [6.07, 6.45) is 7.05. The second kappa shape index (κ2) is 8.52. The standard InChI is InChI=1S/C23H35N3O2/c1-17-3-2-4-18(13-17)14-23(9-10-23)25-22(27)19-5-6-20(24)16-26(15-19)21-7-11-28-12-8-21/h2-4,13,19-21H,5-12,14-16,24H2,1H3,(H,25,27)/t19-,20+/m1/s1. The Labute approximate surface area is 169 Å². The fourth-order valence-electron chi connectivity index (χ4n) is 4.89. The number of likely N-dealkylation sites (tertiary alicyclic amines) is 1. The van der Waals surface area contributed by atoms with E-state index in [2.05, 4.69) is 41.4 Å². The third-order valence-electron chi connectivity index (χ3n) is 6.75. The molecule has 2 atom stereocenters. The van der Waals surface area contributed by atoms with Gasteiger partial charge in [-0.25, -0.2) is 0 Å². The lowest BCUT2D eigenvalue weighted by Crippen LogP contribution is -2.48. The number of benzene rings is 1. The lowest BCUT2D eigenvalue weighted by Gasteiger charge is -2.35. The van der Waals surface area contributed by atoms with Crippen LogP contribution in [-0.2, 0) is 16.0 Å². The number of hydrogen-bond donors (Lipinski definition) is 2. The molecule has 2 aliphatic heterocycles. The van der Waals surface area contributed by atoms with Crippen LogP contribution in [0.25, 0.3) is 0 Å². The molecule has 0 radical (unpaired) electrons. The van der Waals surface area contributed by atoms with Crippen LogP contribution in [0.5, 0.6) is 0 Å². The molecule has 1 aromatic rings. The first-order chi connectivity index (χ1) is 13.5. The first-order valence-electron chi connectivity index (χ1n) is 11.0. The number of nitrogens with two attached hydrogens (primary N) is 1. The van der Waals surface area contributed by atoms with E-state index in [0.717, 1.165) is 71.2 Å². The van der Waals surface area contributed by atoms with E-state index < -0.39 is 0 Å². The summed E-state index contributed by atoms with van der Waals surface area (Å²) >= 11 is 0. The topological polar surface area (TPSA) is 67.6 Å². The zero-order valence-electron chi connectivity index (χ0n) is 17.2. The molecule has 1 aromatic carbocycles. The molecule has 3 fully saturated rings. The van der Waals surface area contributed by atoms with Crippen molar-refractivity contribution in [2.75, 3.05) is 26.3 Å². The van der Waals surface area contributed by atoms with Crippen LogP contribution in [0, 0.1) is 12.8 Å². The second-order valence-electron chi connectivity index (χ2n) is 9.27. The van der Waals surface area contributed by atoms with Crippen molar-refractivity contribution >= 4 is 5.91 Å². The van der Waals surface area contributed by atoms with E-state index in [4.69, 9.17) is 10.5 Å². The van der Waals surface area contributed by atoms with E-state index >= 15 is 0 Å². The fourth-order valence-corrected chi connectivity index (χ4v) is 4.89. The molecule has 4 rings (SSSR count). The number of carbonyl (C=O) groups is 1. The summed E-state index contributed by atoms with van der Waals surface area (Å²) in [6.45, 7) is 5.52. The average molecular weight is 386 g/mol. The lowest BCUT2D eigenvalue weighted by atomic mass is 9.98. The van der Waals surface area contributed by atoms with Crippen molar-refractivity contribution in [2.24, 2.45) is 11.7 Å². The molecule has 1 aliphatic carbocycles. The van der Waals surface area contributed by atoms with E-state index in [-0.39, 0.29) is 23.4 Å². The summed E-state index contributed by atoms with van der Waals surface area (Å²) in [7, 11) is 0. The van der Waals surface area contributed by atoms with Crippen LogP contribution in [0.1, 0.15) is 49.7 Å². The Morgan fingerprint density at radius 2 is 2.00 bits per heavy atom. The van der Waals surface area contributed by atoms with Gasteiger partial charge >= 0.3 is 0 Å². The average Bonchev–Trinajstić information content (AvgIpc) is 3.46. The molecule has 1 saturated carbocycles. The Bertz CT molecular complexity index is 682. The summed E-state index contributed by atoms with van der Waals surface area (Å²) in [5, 5.41) is 3.44. The van der Waals surface area contributed by atoms with E-state index in [1.807, 2.05) is 0 Å². The highest BCUT2D eigenvalue weighted by atomic mass is 16.5. The Kier molecular flexibility index (Phi) is 6.04. The first-order valence-corrected chi connectivity index (χ1v) is 11.0. The highest BCUT2D eigenvalue weighted by Crippen LogP contribution is 2.39. The zero-order chi connectivity index (χ0) is 19.6. The molecule has 3 N–H and O–H groups in total. The van der Waals surface area contributed by atoms with Crippen molar-refractivity contribution < 1.29 is 9.53 Å². The Balaban J connectivity index is 1.38. The Morgan fingerprint density at radius 1 is 1.21 bits per heavy atom. The van der Waals surface area contributed by atoms with Crippen LogP contribution in [0.2, 0.25) is 0 Å². The number of carbonyl (C=O) groups excluding carboxylic acids is 1. The molecule has 5 nitrogen and oxygen atoms in total. The summed E-state index contributed by atoms with van der Waals surface area (Å²) < 4.78 is 5.52. The van der Waals surface area contributed by atoms with Gasteiger partial charge in [0.05, 0.1) is 5.92 Å². The van der Waals surface area contributed by atoms with Crippen LogP contribution in [-0.4, -0.2) is 54.7 Å². The second-order valence-corrected chi connectivity index (χ2v) is 9.27. The molecule has 3 aliphatic rings. The number of aryl methyl sites for hydroxylation is 1. The molecular formula is C23H35N3O2. The summed E-state index contributed by atoms with van der Waals surface area (Å²) in [5.74, 6) is 0.280. The third-order valence-corrected chi connectivity index (χ3v) is 6.75. The monoisotopic (exact) mass is 385 g/mol. The molecule has 28 heavy (non-hydrogen) atoms. The minimum Gasteiger partial charge on any atom is -0.381 e. The van der Waals surface area contributed by atoms with Crippen molar-refractivity contribution in [3.05, 3.63) is 35.4 Å². The van der Waals surface area contributed by atoms with Gasteiger partial charge in [-0.05, 0) is 57.4 Å². The quantitative estimate of drug-likeness (QED) is 0.817. The molecule has 0 unspecified atom stereocenters. The molecule has 5 heteroatoms. The van der Waals surface area contributed by atoms with Gasteiger partial charge in [0.1, 0.15) is 0 Å². The molecule has 2 heterocycles. The van der Waals surface area contributed by atoms with Gasteiger partial charge in [0.15, 0.2) is 0 Å². The smallest absolute Gasteiger partial charge is 0.224 e. The highest BCUT2D eigenvalue weighted by molar-refractivity contribution is 5.80. The van der Waals surface area contributed by atoms with Crippen molar-refractivity contribution in [1.82, 2.24) is 10.2 Å². The van der Waals surface area contributed by atoms with Crippen molar-refractivity contribution in [2.45, 2.75) is 69.5 Å². The summed E-state index contributed by atoms with van der Waals surface area (Å²) in [4.78, 5) is 15.7. The highest BCUT2D eigenvalue weighted by Gasteiger charge is 2.45. The number of rotatable bonds is 5. The summed E-state index contributed by atoms with van der Waals surface area (Å²) in [5.41, 5.74) is 8.93. The molecule has 154 valence electrons. The van der Waals surface area contributed by atoms with Crippen LogP contribution in [0.15, 0.2) is 24.3 Å². The van der Waals surface area contributed by atoms with Gasteiger partial charge < -0.3 is 15.8 Å². The SMILES string of the molecule is Cc1cccc(CC2(NC(=O)[C@@H]3CC[C@H](N)CN(C4CCOCC4)C3)CC2)c1. The number of hydrogen-bond acceptors (Lipinski definition) is 4. The van der Waals surface area contributed by atoms with Crippen LogP contribution in [0.3, 0.4) is 0 Å². The third kappa shape index (κ3) is 4.94.